The number of benzene rings is 1. The molecule has 0 aliphatic rings. The van der Waals surface area contributed by atoms with Gasteiger partial charge < -0.3 is 15.3 Å². The van der Waals surface area contributed by atoms with Crippen molar-refractivity contribution in [2.24, 2.45) is 0 Å². The topological polar surface area (TPSA) is 60.7 Å². The number of aryl methyl sites for hydroxylation is 1. The Hall–Kier alpha value is -1.48. The van der Waals surface area contributed by atoms with Gasteiger partial charge in [-0.25, -0.2) is 0 Å². The molecule has 0 fully saturated rings. The lowest BCUT2D eigenvalue weighted by Gasteiger charge is -2.04. The molecule has 3 N–H and O–H groups in total. The minimum absolute atomic E-state index is 0.139. The molecule has 3 heteroatoms. The maximum atomic E-state index is 8.84. The predicted molar refractivity (Wildman–Crippen MR) is 50.4 cm³/mol. The molecule has 0 bridgehead atoms. The van der Waals surface area contributed by atoms with E-state index in [4.69, 9.17) is 15.3 Å². The van der Waals surface area contributed by atoms with Crippen LogP contribution in [0.15, 0.2) is 30.2 Å². The average molecular weight is 180 g/mol. The number of hydrogen-bond donors (Lipinski definition) is 3. The van der Waals surface area contributed by atoms with Gasteiger partial charge in [-0.3, -0.25) is 0 Å². The molecule has 0 aliphatic heterocycles. The molecule has 1 aromatic rings. The molecule has 0 atom stereocenters. The summed E-state index contributed by atoms with van der Waals surface area (Å²) in [6.07, 6.45) is 0. The SMILES string of the molecule is Cc1ccc(C(CO)=C(O)O)cc1. The summed E-state index contributed by atoms with van der Waals surface area (Å²) in [5, 5.41) is 26.5. The Balaban J connectivity index is 3.07. The van der Waals surface area contributed by atoms with Crippen molar-refractivity contribution in [1.82, 2.24) is 0 Å². The fourth-order valence-electron chi connectivity index (χ4n) is 1.05. The smallest absolute Gasteiger partial charge is 0.280 e. The Morgan fingerprint density at radius 1 is 1.15 bits per heavy atom. The maximum Gasteiger partial charge on any atom is 0.280 e. The van der Waals surface area contributed by atoms with Crippen LogP contribution in [0.1, 0.15) is 11.1 Å². The van der Waals surface area contributed by atoms with Gasteiger partial charge in [0, 0.05) is 0 Å². The van der Waals surface area contributed by atoms with Gasteiger partial charge in [-0.15, -0.1) is 0 Å². The van der Waals surface area contributed by atoms with Crippen LogP contribution >= 0.6 is 0 Å². The van der Waals surface area contributed by atoms with Crippen molar-refractivity contribution in [2.75, 3.05) is 6.61 Å². The van der Waals surface area contributed by atoms with Crippen LogP contribution < -0.4 is 0 Å². The molecule has 70 valence electrons. The molecule has 13 heavy (non-hydrogen) atoms. The lowest BCUT2D eigenvalue weighted by atomic mass is 10.1. The van der Waals surface area contributed by atoms with E-state index in [1.807, 2.05) is 19.1 Å². The van der Waals surface area contributed by atoms with Crippen molar-refractivity contribution < 1.29 is 15.3 Å². The first-order chi connectivity index (χ1) is 6.15. The Bertz CT molecular complexity index is 307. The summed E-state index contributed by atoms with van der Waals surface area (Å²) in [6, 6.07) is 7.14. The van der Waals surface area contributed by atoms with Crippen LogP contribution in [0.4, 0.5) is 0 Å². The van der Waals surface area contributed by atoms with Crippen molar-refractivity contribution in [3.8, 4) is 0 Å². The van der Waals surface area contributed by atoms with Crippen LogP contribution in [0.25, 0.3) is 5.57 Å². The Morgan fingerprint density at radius 2 is 1.69 bits per heavy atom. The van der Waals surface area contributed by atoms with E-state index in [2.05, 4.69) is 0 Å². The minimum Gasteiger partial charge on any atom is -0.481 e. The molecule has 0 saturated heterocycles. The third-order valence-corrected chi connectivity index (χ3v) is 1.83. The first-order valence-corrected chi connectivity index (χ1v) is 3.94. The molecule has 1 rings (SSSR count). The van der Waals surface area contributed by atoms with Gasteiger partial charge in [0.05, 0.1) is 12.2 Å². The van der Waals surface area contributed by atoms with E-state index in [1.165, 1.54) is 0 Å². The van der Waals surface area contributed by atoms with Crippen LogP contribution in [0.5, 0.6) is 0 Å². The highest BCUT2D eigenvalue weighted by atomic mass is 16.5. The lowest BCUT2D eigenvalue weighted by Crippen LogP contribution is -1.95. The van der Waals surface area contributed by atoms with Crippen LogP contribution in [0.2, 0.25) is 0 Å². The van der Waals surface area contributed by atoms with E-state index in [-0.39, 0.29) is 12.2 Å². The summed E-state index contributed by atoms with van der Waals surface area (Å²) in [7, 11) is 0. The zero-order valence-corrected chi connectivity index (χ0v) is 7.36. The molecular weight excluding hydrogens is 168 g/mol. The van der Waals surface area contributed by atoms with Gasteiger partial charge in [0.15, 0.2) is 0 Å². The summed E-state index contributed by atoms with van der Waals surface area (Å²) < 4.78 is 0. The Morgan fingerprint density at radius 3 is 2.08 bits per heavy atom. The highest BCUT2D eigenvalue weighted by Gasteiger charge is 2.05. The molecule has 0 spiro atoms. The van der Waals surface area contributed by atoms with Gasteiger partial charge in [-0.05, 0) is 12.5 Å². The third-order valence-electron chi connectivity index (χ3n) is 1.83. The van der Waals surface area contributed by atoms with Crippen LogP contribution in [0, 0.1) is 6.92 Å². The molecule has 0 aromatic heterocycles. The van der Waals surface area contributed by atoms with E-state index >= 15 is 0 Å². The van der Waals surface area contributed by atoms with E-state index in [0.29, 0.717) is 5.56 Å². The number of rotatable bonds is 2. The monoisotopic (exact) mass is 180 g/mol. The van der Waals surface area contributed by atoms with E-state index in [9.17, 15) is 0 Å². The zero-order chi connectivity index (χ0) is 9.84. The average Bonchev–Trinajstić information content (AvgIpc) is 2.09. The quantitative estimate of drug-likeness (QED) is 0.608. The fraction of sp³-hybridized carbons (Fsp3) is 0.200. The number of hydrogen-bond acceptors (Lipinski definition) is 3. The van der Waals surface area contributed by atoms with Gasteiger partial charge in [0.25, 0.3) is 5.95 Å². The summed E-state index contributed by atoms with van der Waals surface area (Å²) in [4.78, 5) is 0. The van der Waals surface area contributed by atoms with Crippen molar-refractivity contribution in [3.05, 3.63) is 41.3 Å². The van der Waals surface area contributed by atoms with Crippen molar-refractivity contribution in [3.63, 3.8) is 0 Å². The molecule has 0 saturated carbocycles. The van der Waals surface area contributed by atoms with Gasteiger partial charge >= 0.3 is 0 Å². The van der Waals surface area contributed by atoms with Gasteiger partial charge in [0.1, 0.15) is 0 Å². The van der Waals surface area contributed by atoms with Gasteiger partial charge in [0.2, 0.25) is 0 Å². The second-order valence-electron chi connectivity index (χ2n) is 2.83. The van der Waals surface area contributed by atoms with Crippen LogP contribution in [-0.2, 0) is 0 Å². The second-order valence-corrected chi connectivity index (χ2v) is 2.83. The van der Waals surface area contributed by atoms with Gasteiger partial charge in [-0.1, -0.05) is 29.8 Å². The highest BCUT2D eigenvalue weighted by Crippen LogP contribution is 2.16. The Labute approximate surface area is 76.6 Å². The van der Waals surface area contributed by atoms with Crippen molar-refractivity contribution in [2.45, 2.75) is 6.92 Å². The first-order valence-electron chi connectivity index (χ1n) is 3.94. The van der Waals surface area contributed by atoms with E-state index < -0.39 is 5.95 Å². The maximum absolute atomic E-state index is 8.84. The highest BCUT2D eigenvalue weighted by molar-refractivity contribution is 5.66. The molecule has 0 radical (unpaired) electrons. The molecule has 0 amide bonds. The minimum atomic E-state index is -0.827. The standard InChI is InChI=1S/C10H12O3/c1-7-2-4-8(5-3-7)9(6-11)10(12)13/h2-5,11-13H,6H2,1H3. The molecule has 3 nitrogen and oxygen atoms in total. The molecule has 0 unspecified atom stereocenters. The summed E-state index contributed by atoms with van der Waals surface area (Å²) in [5.74, 6) is -0.827. The van der Waals surface area contributed by atoms with E-state index in [0.717, 1.165) is 5.56 Å². The zero-order valence-electron chi connectivity index (χ0n) is 7.36. The summed E-state index contributed by atoms with van der Waals surface area (Å²) in [6.45, 7) is 1.55. The number of aliphatic hydroxyl groups excluding tert-OH is 2. The van der Waals surface area contributed by atoms with Gasteiger partial charge in [-0.2, -0.15) is 0 Å². The molecular formula is C10H12O3. The molecule has 0 aliphatic carbocycles. The summed E-state index contributed by atoms with van der Waals surface area (Å²) in [5.41, 5.74) is 1.84. The normalized spacial score (nSPS) is 9.69. The first kappa shape index (κ1) is 9.61. The van der Waals surface area contributed by atoms with Crippen LogP contribution in [0.3, 0.4) is 0 Å². The lowest BCUT2D eigenvalue weighted by molar-refractivity contribution is 0.189. The molecule has 0 heterocycles. The molecule has 1 aromatic carbocycles. The third kappa shape index (κ3) is 2.23. The predicted octanol–water partition coefficient (Wildman–Crippen LogP) is 1.77. The van der Waals surface area contributed by atoms with Crippen molar-refractivity contribution in [1.29, 1.82) is 0 Å². The van der Waals surface area contributed by atoms with Crippen LogP contribution in [-0.4, -0.2) is 21.9 Å². The number of aliphatic hydroxyl groups is 3. The fourth-order valence-corrected chi connectivity index (χ4v) is 1.05. The largest absolute Gasteiger partial charge is 0.481 e. The van der Waals surface area contributed by atoms with E-state index in [1.54, 1.807) is 12.1 Å². The van der Waals surface area contributed by atoms with Crippen molar-refractivity contribution >= 4 is 5.57 Å². The summed E-state index contributed by atoms with van der Waals surface area (Å²) >= 11 is 0. The second kappa shape index (κ2) is 3.96. The Kier molecular flexibility index (Phi) is 2.93.